The molecule has 0 radical (unpaired) electrons. The third-order valence-corrected chi connectivity index (χ3v) is 6.64. The summed E-state index contributed by atoms with van der Waals surface area (Å²) >= 11 is 0. The zero-order chi connectivity index (χ0) is 20.5. The molecule has 28 heavy (non-hydrogen) atoms. The van der Waals surface area contributed by atoms with Crippen molar-refractivity contribution in [1.29, 1.82) is 0 Å². The molecule has 9 heteroatoms. The van der Waals surface area contributed by atoms with Gasteiger partial charge >= 0.3 is 0 Å². The number of sulfone groups is 1. The molecular weight excluding hydrogens is 378 g/mol. The second-order valence-corrected chi connectivity index (χ2v) is 9.39. The lowest BCUT2D eigenvalue weighted by molar-refractivity contribution is 0.469. The monoisotopic (exact) mass is 403 g/mol. The van der Waals surface area contributed by atoms with Crippen molar-refractivity contribution in [2.24, 2.45) is 5.73 Å². The van der Waals surface area contributed by atoms with Crippen molar-refractivity contribution in [1.82, 2.24) is 20.2 Å². The number of rotatable bonds is 6. The highest BCUT2D eigenvalue weighted by Gasteiger charge is 2.20. The molecule has 0 aliphatic heterocycles. The van der Waals surface area contributed by atoms with Crippen LogP contribution in [0.3, 0.4) is 0 Å². The van der Waals surface area contributed by atoms with Crippen LogP contribution >= 0.6 is 0 Å². The Morgan fingerprint density at radius 1 is 1.14 bits per heavy atom. The van der Waals surface area contributed by atoms with Crippen LogP contribution in [-0.2, 0) is 9.84 Å². The molecule has 0 aliphatic carbocycles. The van der Waals surface area contributed by atoms with Crippen LogP contribution in [0.4, 0.5) is 0 Å². The molecule has 0 aliphatic rings. The molecule has 0 saturated heterocycles. The van der Waals surface area contributed by atoms with E-state index >= 15 is 0 Å². The molecule has 0 spiro atoms. The highest BCUT2D eigenvalue weighted by atomic mass is 32.2. The Morgan fingerprint density at radius 3 is 2.43 bits per heavy atom. The number of benzene rings is 1. The first-order valence-electron chi connectivity index (χ1n) is 8.95. The summed E-state index contributed by atoms with van der Waals surface area (Å²) < 4.78 is 30.3. The van der Waals surface area contributed by atoms with E-state index in [1.54, 1.807) is 51.2 Å². The molecule has 3 aromatic rings. The largest absolute Gasteiger partial charge is 0.419 e. The third kappa shape index (κ3) is 3.81. The SMILES string of the molecule is Cc1ncc(-c2ccc(S(=O)(=O)C(C)C)cc2)nc1-c1nnc(C(C)CN)o1.[HH]. The molecule has 0 bridgehead atoms. The predicted molar refractivity (Wildman–Crippen MR) is 107 cm³/mol. The molecule has 8 nitrogen and oxygen atoms in total. The zero-order valence-electron chi connectivity index (χ0n) is 16.2. The molecule has 0 amide bonds. The van der Waals surface area contributed by atoms with Crippen molar-refractivity contribution in [3.8, 4) is 22.8 Å². The number of hydrogen-bond donors (Lipinski definition) is 1. The summed E-state index contributed by atoms with van der Waals surface area (Å²) in [4.78, 5) is 9.25. The summed E-state index contributed by atoms with van der Waals surface area (Å²) in [6.07, 6.45) is 1.63. The maximum atomic E-state index is 12.3. The molecule has 1 unspecified atom stereocenters. The Kier molecular flexibility index (Phi) is 5.57. The topological polar surface area (TPSA) is 125 Å². The van der Waals surface area contributed by atoms with Crippen molar-refractivity contribution in [2.45, 2.75) is 43.8 Å². The average molecular weight is 404 g/mol. The highest BCUT2D eigenvalue weighted by Crippen LogP contribution is 2.26. The maximum Gasteiger partial charge on any atom is 0.268 e. The van der Waals surface area contributed by atoms with Gasteiger partial charge in [-0.3, -0.25) is 4.98 Å². The van der Waals surface area contributed by atoms with Gasteiger partial charge in [0.15, 0.2) is 9.84 Å². The van der Waals surface area contributed by atoms with E-state index in [-0.39, 0.29) is 18.1 Å². The van der Waals surface area contributed by atoms with E-state index in [0.29, 0.717) is 29.5 Å². The van der Waals surface area contributed by atoms with Crippen molar-refractivity contribution in [3.63, 3.8) is 0 Å². The number of nitrogens with two attached hydrogens (primary N) is 1. The highest BCUT2D eigenvalue weighted by molar-refractivity contribution is 7.92. The fourth-order valence-corrected chi connectivity index (χ4v) is 3.57. The Hall–Kier alpha value is -2.65. The molecule has 1 aromatic carbocycles. The zero-order valence-corrected chi connectivity index (χ0v) is 17.1. The molecule has 0 fully saturated rings. The molecule has 2 aromatic heterocycles. The number of aryl methyl sites for hydroxylation is 1. The lowest BCUT2D eigenvalue weighted by Crippen LogP contribution is -2.13. The molecule has 0 saturated carbocycles. The second-order valence-electron chi connectivity index (χ2n) is 6.89. The summed E-state index contributed by atoms with van der Waals surface area (Å²) in [7, 11) is -3.32. The van der Waals surface area contributed by atoms with Gasteiger partial charge in [0.2, 0.25) is 5.89 Å². The van der Waals surface area contributed by atoms with E-state index in [1.165, 1.54) is 0 Å². The summed E-state index contributed by atoms with van der Waals surface area (Å²) in [5, 5.41) is 7.61. The van der Waals surface area contributed by atoms with Gasteiger partial charge in [0.25, 0.3) is 5.89 Å². The van der Waals surface area contributed by atoms with Crippen molar-refractivity contribution >= 4 is 9.84 Å². The lowest BCUT2D eigenvalue weighted by Gasteiger charge is -2.09. The van der Waals surface area contributed by atoms with Gasteiger partial charge in [0.05, 0.1) is 27.7 Å². The summed E-state index contributed by atoms with van der Waals surface area (Å²) in [5.74, 6) is 0.682. The summed E-state index contributed by atoms with van der Waals surface area (Å²) in [6.45, 7) is 7.42. The van der Waals surface area contributed by atoms with Crippen LogP contribution in [0.1, 0.15) is 39.7 Å². The molecule has 2 heterocycles. The van der Waals surface area contributed by atoms with Gasteiger partial charge in [-0.1, -0.05) is 19.1 Å². The minimum Gasteiger partial charge on any atom is -0.419 e. The summed E-state index contributed by atoms with van der Waals surface area (Å²) in [5.41, 5.74) is 8.11. The standard InChI is InChI=1S/C19H23N5O3S.H2/c1-11(2)28(25,26)15-7-5-14(6-8-15)16-10-21-13(4)17(22-16)19-24-23-18(27-19)12(3)9-20;/h5-8,10-12H,9,20H2,1-4H3;1H. The lowest BCUT2D eigenvalue weighted by atomic mass is 10.1. The predicted octanol–water partition coefficient (Wildman–Crippen LogP) is 2.99. The van der Waals surface area contributed by atoms with Gasteiger partial charge in [-0.25, -0.2) is 13.4 Å². The molecule has 150 valence electrons. The number of hydrogen-bond acceptors (Lipinski definition) is 8. The van der Waals surface area contributed by atoms with E-state index in [9.17, 15) is 8.42 Å². The van der Waals surface area contributed by atoms with Crippen molar-refractivity contribution in [2.75, 3.05) is 6.54 Å². The van der Waals surface area contributed by atoms with E-state index in [1.807, 2.05) is 6.92 Å². The van der Waals surface area contributed by atoms with Crippen molar-refractivity contribution < 1.29 is 14.3 Å². The van der Waals surface area contributed by atoms with E-state index in [4.69, 9.17) is 10.2 Å². The van der Waals surface area contributed by atoms with E-state index < -0.39 is 15.1 Å². The van der Waals surface area contributed by atoms with Crippen LogP contribution in [0.2, 0.25) is 0 Å². The molecule has 2 N–H and O–H groups in total. The van der Waals surface area contributed by atoms with Gasteiger partial charge in [0.1, 0.15) is 5.69 Å². The third-order valence-electron chi connectivity index (χ3n) is 4.47. The number of aromatic nitrogens is 4. The van der Waals surface area contributed by atoms with Gasteiger partial charge in [-0.05, 0) is 32.9 Å². The minimum absolute atomic E-state index is 0. The Balaban J connectivity index is 0.00000300. The quantitative estimate of drug-likeness (QED) is 0.666. The van der Waals surface area contributed by atoms with Crippen LogP contribution in [0.5, 0.6) is 0 Å². The van der Waals surface area contributed by atoms with E-state index in [0.717, 1.165) is 5.56 Å². The van der Waals surface area contributed by atoms with Crippen molar-refractivity contribution in [3.05, 3.63) is 42.0 Å². The molecule has 3 rings (SSSR count). The van der Waals surface area contributed by atoms with Gasteiger partial charge in [0, 0.05) is 19.5 Å². The minimum atomic E-state index is -3.32. The first-order chi connectivity index (χ1) is 13.2. The fourth-order valence-electron chi connectivity index (χ4n) is 2.51. The smallest absolute Gasteiger partial charge is 0.268 e. The Bertz CT molecular complexity index is 1080. The van der Waals surface area contributed by atoms with Crippen LogP contribution < -0.4 is 5.73 Å². The van der Waals surface area contributed by atoms with Crippen LogP contribution in [0.15, 0.2) is 39.8 Å². The average Bonchev–Trinajstić information content (AvgIpc) is 3.17. The van der Waals surface area contributed by atoms with Gasteiger partial charge in [-0.15, -0.1) is 10.2 Å². The first kappa shape index (κ1) is 20.1. The molecule has 1 atom stereocenters. The first-order valence-corrected chi connectivity index (χ1v) is 10.5. The number of nitrogens with zero attached hydrogens (tertiary/aromatic N) is 4. The van der Waals surface area contributed by atoms with Gasteiger partial charge in [-0.2, -0.15) is 0 Å². The van der Waals surface area contributed by atoms with Gasteiger partial charge < -0.3 is 10.2 Å². The fraction of sp³-hybridized carbons (Fsp3) is 0.368. The van der Waals surface area contributed by atoms with Crippen LogP contribution in [0, 0.1) is 6.92 Å². The second kappa shape index (κ2) is 7.76. The normalized spacial score (nSPS) is 13.1. The maximum absolute atomic E-state index is 12.3. The Labute approximate surface area is 165 Å². The van der Waals surface area contributed by atoms with Crippen LogP contribution in [-0.4, -0.2) is 40.4 Å². The molecular formula is C19H25N5O3S. The van der Waals surface area contributed by atoms with E-state index in [2.05, 4.69) is 20.2 Å². The van der Waals surface area contributed by atoms with Crippen LogP contribution in [0.25, 0.3) is 22.8 Å². The Morgan fingerprint density at radius 2 is 1.82 bits per heavy atom. The summed E-state index contributed by atoms with van der Waals surface area (Å²) in [6, 6.07) is 6.60.